The van der Waals surface area contributed by atoms with Crippen LogP contribution >= 0.6 is 11.3 Å². The molecule has 2 aliphatic rings. The number of aromatic amines is 1. The third-order valence-electron chi connectivity index (χ3n) is 6.37. The van der Waals surface area contributed by atoms with Crippen LogP contribution in [0.25, 0.3) is 10.9 Å². The maximum atomic E-state index is 13.9. The number of para-hydroxylation sites is 1. The lowest BCUT2D eigenvalue weighted by Crippen LogP contribution is -2.44. The second-order valence-electron chi connectivity index (χ2n) is 9.75. The molecule has 1 fully saturated rings. The predicted octanol–water partition coefficient (Wildman–Crippen LogP) is 5.83. The molecule has 0 bridgehead atoms. The molecule has 2 atom stereocenters. The molecule has 2 aromatic heterocycles. The van der Waals surface area contributed by atoms with Crippen LogP contribution in [0.3, 0.4) is 0 Å². The highest BCUT2D eigenvalue weighted by Crippen LogP contribution is 2.31. The number of nitrogens with one attached hydrogen (secondary N) is 1. The Morgan fingerprint density at radius 2 is 2.03 bits per heavy atom. The summed E-state index contributed by atoms with van der Waals surface area (Å²) in [6.45, 7) is 8.91. The average molecular weight is 476 g/mol. The Kier molecular flexibility index (Phi) is 7.72. The number of hydrogen-bond donors (Lipinski definition) is 1. The van der Waals surface area contributed by atoms with Gasteiger partial charge in [0.25, 0.3) is 0 Å². The van der Waals surface area contributed by atoms with Gasteiger partial charge in [0.1, 0.15) is 18.4 Å². The van der Waals surface area contributed by atoms with Gasteiger partial charge >= 0.3 is 0 Å². The van der Waals surface area contributed by atoms with Crippen molar-refractivity contribution in [2.75, 3.05) is 32.9 Å². The molecule has 33 heavy (non-hydrogen) atoms. The van der Waals surface area contributed by atoms with Crippen molar-refractivity contribution >= 4 is 22.2 Å². The Morgan fingerprint density at radius 3 is 2.76 bits per heavy atom. The molecular weight excluding hydrogens is 440 g/mol. The van der Waals surface area contributed by atoms with E-state index in [9.17, 15) is 8.78 Å². The van der Waals surface area contributed by atoms with Crippen molar-refractivity contribution in [1.29, 1.82) is 0 Å². The Bertz CT molecular complexity index is 1010. The van der Waals surface area contributed by atoms with Gasteiger partial charge in [-0.2, -0.15) is 0 Å². The summed E-state index contributed by atoms with van der Waals surface area (Å²) in [5, 5.41) is 4.30. The van der Waals surface area contributed by atoms with E-state index in [-0.39, 0.29) is 12.8 Å². The van der Waals surface area contributed by atoms with Gasteiger partial charge in [0.05, 0.1) is 0 Å². The number of aromatic nitrogens is 1. The van der Waals surface area contributed by atoms with Crippen LogP contribution in [0.4, 0.5) is 8.78 Å². The van der Waals surface area contributed by atoms with Gasteiger partial charge in [-0.15, -0.1) is 11.3 Å². The maximum absolute atomic E-state index is 13.9. The van der Waals surface area contributed by atoms with E-state index in [1.165, 1.54) is 22.2 Å². The van der Waals surface area contributed by atoms with Crippen LogP contribution in [0.5, 0.6) is 5.06 Å². The van der Waals surface area contributed by atoms with E-state index in [1.807, 2.05) is 17.5 Å². The first-order valence-corrected chi connectivity index (χ1v) is 12.7. The largest absolute Gasteiger partial charge is 0.479 e. The summed E-state index contributed by atoms with van der Waals surface area (Å²) in [5.41, 5.74) is 2.72. The lowest BCUT2D eigenvalue weighted by molar-refractivity contribution is 0.0853. The predicted molar refractivity (Wildman–Crippen MR) is 133 cm³/mol. The molecule has 2 aliphatic heterocycles. The molecule has 3 aromatic rings. The summed E-state index contributed by atoms with van der Waals surface area (Å²) in [6, 6.07) is 12.8. The quantitative estimate of drug-likeness (QED) is 0.487. The minimum absolute atomic E-state index is 0.250. The van der Waals surface area contributed by atoms with E-state index < -0.39 is 5.67 Å². The molecule has 5 rings (SSSR count). The Balaban J connectivity index is 0.000000165. The first kappa shape index (κ1) is 24.2. The number of rotatable bonds is 6. The Labute approximate surface area is 199 Å². The van der Waals surface area contributed by atoms with Gasteiger partial charge in [-0.05, 0) is 62.8 Å². The fraction of sp³-hybridized carbons (Fsp3) is 0.538. The van der Waals surface area contributed by atoms with E-state index >= 15 is 0 Å². The number of thiophene rings is 1. The highest BCUT2D eigenvalue weighted by molar-refractivity contribution is 7.11. The molecule has 2 unspecified atom stereocenters. The van der Waals surface area contributed by atoms with Gasteiger partial charge in [-0.1, -0.05) is 18.2 Å². The number of alkyl halides is 2. The second kappa shape index (κ2) is 10.5. The fourth-order valence-electron chi connectivity index (χ4n) is 4.81. The van der Waals surface area contributed by atoms with Crippen molar-refractivity contribution < 1.29 is 13.5 Å². The number of ether oxygens (including phenoxy) is 1. The zero-order valence-corrected chi connectivity index (χ0v) is 20.6. The molecule has 1 aromatic carbocycles. The molecule has 1 N–H and O–H groups in total. The molecule has 1 saturated heterocycles. The van der Waals surface area contributed by atoms with Gasteiger partial charge in [0, 0.05) is 55.4 Å². The second-order valence-corrected chi connectivity index (χ2v) is 10.7. The van der Waals surface area contributed by atoms with Crippen molar-refractivity contribution in [2.45, 2.75) is 58.0 Å². The van der Waals surface area contributed by atoms with Crippen molar-refractivity contribution in [3.63, 3.8) is 0 Å². The SMILES string of the molecule is CC1Cc2c([nH]c3ccccc23)CN1CC(C)(C)F.FCCN1CCC(Oc2cccs2)C1. The molecule has 0 spiro atoms. The van der Waals surface area contributed by atoms with Crippen LogP contribution in [0.15, 0.2) is 41.8 Å². The third-order valence-corrected chi connectivity index (χ3v) is 7.13. The molecule has 0 radical (unpaired) electrons. The first-order valence-electron chi connectivity index (χ1n) is 11.8. The minimum atomic E-state index is -1.14. The van der Waals surface area contributed by atoms with E-state index in [1.54, 1.807) is 25.2 Å². The van der Waals surface area contributed by atoms with Gasteiger partial charge in [-0.25, -0.2) is 8.78 Å². The smallest absolute Gasteiger partial charge is 0.174 e. The van der Waals surface area contributed by atoms with Gasteiger partial charge in [0.2, 0.25) is 0 Å². The number of likely N-dealkylation sites (tertiary alicyclic amines) is 1. The average Bonchev–Trinajstić information content (AvgIpc) is 3.49. The highest BCUT2D eigenvalue weighted by atomic mass is 32.1. The normalized spacial score (nSPS) is 21.6. The number of hydrogen-bond acceptors (Lipinski definition) is 4. The van der Waals surface area contributed by atoms with E-state index in [4.69, 9.17) is 4.74 Å². The third kappa shape index (κ3) is 6.34. The number of fused-ring (bicyclic) bond motifs is 3. The van der Waals surface area contributed by atoms with Crippen LogP contribution < -0.4 is 4.74 Å². The van der Waals surface area contributed by atoms with Crippen LogP contribution in [0, 0.1) is 0 Å². The number of nitrogens with zero attached hydrogens (tertiary/aromatic N) is 2. The van der Waals surface area contributed by atoms with Crippen molar-refractivity contribution in [3.8, 4) is 5.06 Å². The summed E-state index contributed by atoms with van der Waals surface area (Å²) in [4.78, 5) is 7.83. The number of benzene rings is 1. The Morgan fingerprint density at radius 1 is 1.21 bits per heavy atom. The molecule has 0 aliphatic carbocycles. The first-order chi connectivity index (χ1) is 15.8. The summed E-state index contributed by atoms with van der Waals surface area (Å²) < 4.78 is 31.7. The molecule has 4 nitrogen and oxygen atoms in total. The van der Waals surface area contributed by atoms with Crippen LogP contribution in [0.2, 0.25) is 0 Å². The van der Waals surface area contributed by atoms with E-state index in [0.717, 1.165) is 37.5 Å². The molecule has 180 valence electrons. The molecule has 7 heteroatoms. The lowest BCUT2D eigenvalue weighted by Gasteiger charge is -2.36. The molecule has 0 saturated carbocycles. The van der Waals surface area contributed by atoms with Crippen LogP contribution in [0.1, 0.15) is 38.4 Å². The van der Waals surface area contributed by atoms with Crippen LogP contribution in [-0.4, -0.2) is 65.5 Å². The molecule has 0 amide bonds. The summed E-state index contributed by atoms with van der Waals surface area (Å²) in [5.74, 6) is 0. The van der Waals surface area contributed by atoms with E-state index in [2.05, 4.69) is 46.0 Å². The van der Waals surface area contributed by atoms with Crippen molar-refractivity contribution in [1.82, 2.24) is 14.8 Å². The van der Waals surface area contributed by atoms with Gasteiger partial charge in [0.15, 0.2) is 5.06 Å². The summed E-state index contributed by atoms with van der Waals surface area (Å²) in [6.07, 6.45) is 2.26. The van der Waals surface area contributed by atoms with E-state index in [0.29, 0.717) is 19.1 Å². The topological polar surface area (TPSA) is 31.5 Å². The number of halogens is 2. The summed E-state index contributed by atoms with van der Waals surface area (Å²) >= 11 is 1.61. The van der Waals surface area contributed by atoms with Gasteiger partial charge < -0.3 is 9.72 Å². The zero-order valence-electron chi connectivity index (χ0n) is 19.8. The van der Waals surface area contributed by atoms with Crippen LogP contribution in [-0.2, 0) is 13.0 Å². The monoisotopic (exact) mass is 475 g/mol. The summed E-state index contributed by atoms with van der Waals surface area (Å²) in [7, 11) is 0. The van der Waals surface area contributed by atoms with Gasteiger partial charge in [-0.3, -0.25) is 9.80 Å². The standard InChI is InChI=1S/C16H21FN2.C10H14FNOS/c1-11-8-13-12-6-4-5-7-14(12)18-15(13)9-19(11)10-16(2,3)17;11-4-6-12-5-3-9(8-12)13-10-2-1-7-14-10/h4-7,11,18H,8-10H2,1-3H3;1-2,7,9H,3-6,8H2. The van der Waals surface area contributed by atoms with Crippen molar-refractivity contribution in [3.05, 3.63) is 53.0 Å². The number of H-pyrrole nitrogens is 1. The zero-order chi connectivity index (χ0) is 23.4. The molecular formula is C26H35F2N3OS. The maximum Gasteiger partial charge on any atom is 0.174 e. The minimum Gasteiger partial charge on any atom is -0.479 e. The highest BCUT2D eigenvalue weighted by Gasteiger charge is 2.30. The lowest BCUT2D eigenvalue weighted by atomic mass is 9.96. The van der Waals surface area contributed by atoms with Crippen molar-refractivity contribution in [2.24, 2.45) is 0 Å². The molecule has 4 heterocycles. The Hall–Kier alpha value is -1.96. The fourth-order valence-corrected chi connectivity index (χ4v) is 5.45.